The van der Waals surface area contributed by atoms with Crippen molar-refractivity contribution in [3.8, 4) is 17.0 Å². The van der Waals surface area contributed by atoms with Gasteiger partial charge in [0.05, 0.1) is 13.2 Å². The molecule has 6 rings (SSSR count). The predicted molar refractivity (Wildman–Crippen MR) is 130 cm³/mol. The second-order valence-electron chi connectivity index (χ2n) is 8.91. The maximum atomic E-state index is 6.87. The lowest BCUT2D eigenvalue weighted by molar-refractivity contribution is 0.110. The fourth-order valence-corrected chi connectivity index (χ4v) is 4.92. The molecular formula is C26H27N5O2. The summed E-state index contributed by atoms with van der Waals surface area (Å²) in [6.45, 7) is 4.86. The lowest BCUT2D eigenvalue weighted by Crippen LogP contribution is -2.53. The molecule has 2 aromatic carbocycles. The van der Waals surface area contributed by atoms with Crippen LogP contribution in [0.5, 0.6) is 5.88 Å². The molecule has 0 spiro atoms. The van der Waals surface area contributed by atoms with Crippen molar-refractivity contribution in [3.05, 3.63) is 69.2 Å². The molecule has 1 atom stereocenters. The Hall–Kier alpha value is -3.55. The van der Waals surface area contributed by atoms with E-state index in [-0.39, 0.29) is 0 Å². The molecule has 0 saturated heterocycles. The van der Waals surface area contributed by atoms with Crippen LogP contribution in [0.25, 0.3) is 23.4 Å². The summed E-state index contributed by atoms with van der Waals surface area (Å²) in [6.07, 6.45) is 6.76. The summed E-state index contributed by atoms with van der Waals surface area (Å²) in [5, 5.41) is 8.69. The fraction of sp³-hybridized carbons (Fsp3) is 0.269. The van der Waals surface area contributed by atoms with Gasteiger partial charge in [-0.2, -0.15) is 0 Å². The third-order valence-corrected chi connectivity index (χ3v) is 6.80. The zero-order valence-corrected chi connectivity index (χ0v) is 18.6. The minimum absolute atomic E-state index is 0.621. The highest BCUT2D eigenvalue weighted by molar-refractivity contribution is 5.78. The van der Waals surface area contributed by atoms with E-state index in [1.54, 1.807) is 0 Å². The molecule has 0 bridgehead atoms. The fourth-order valence-electron chi connectivity index (χ4n) is 4.92. The number of rotatable bonds is 2. The largest absolute Gasteiger partial charge is 0.474 e. The van der Waals surface area contributed by atoms with E-state index >= 15 is 0 Å². The predicted octanol–water partition coefficient (Wildman–Crippen LogP) is 1.45. The first-order valence-electron chi connectivity index (χ1n) is 11.3. The number of benzene rings is 2. The molecule has 7 nitrogen and oxygen atoms in total. The van der Waals surface area contributed by atoms with Gasteiger partial charge in [0, 0.05) is 35.4 Å². The Balaban J connectivity index is 1.46. The van der Waals surface area contributed by atoms with Gasteiger partial charge in [-0.25, -0.2) is 4.98 Å². The van der Waals surface area contributed by atoms with Gasteiger partial charge < -0.3 is 31.6 Å². The van der Waals surface area contributed by atoms with Crippen LogP contribution in [0.2, 0.25) is 0 Å². The van der Waals surface area contributed by atoms with Crippen molar-refractivity contribution < 1.29 is 9.47 Å². The Morgan fingerprint density at radius 1 is 1.12 bits per heavy atom. The summed E-state index contributed by atoms with van der Waals surface area (Å²) in [4.78, 5) is 4.52. The number of fused-ring (bicyclic) bond motifs is 3. The Labute approximate surface area is 192 Å². The van der Waals surface area contributed by atoms with Crippen molar-refractivity contribution in [2.45, 2.75) is 25.6 Å². The number of nitrogen functional groups attached to an aromatic ring is 1. The molecule has 0 fully saturated rings. The molecule has 0 aliphatic carbocycles. The summed E-state index contributed by atoms with van der Waals surface area (Å²) in [6, 6.07) is 10.5. The van der Waals surface area contributed by atoms with Crippen LogP contribution in [0.15, 0.2) is 36.5 Å². The molecule has 0 radical (unpaired) electrons. The third kappa shape index (κ3) is 3.32. The Morgan fingerprint density at radius 3 is 2.94 bits per heavy atom. The van der Waals surface area contributed by atoms with Crippen molar-refractivity contribution in [2.75, 3.05) is 30.8 Å². The van der Waals surface area contributed by atoms with Crippen molar-refractivity contribution in [2.24, 2.45) is 5.73 Å². The molecule has 0 amide bonds. The van der Waals surface area contributed by atoms with E-state index in [4.69, 9.17) is 20.9 Å². The molecule has 1 unspecified atom stereocenters. The van der Waals surface area contributed by atoms with Crippen LogP contribution >= 0.6 is 0 Å². The number of ether oxygens (including phenoxy) is 2. The van der Waals surface area contributed by atoms with Crippen LogP contribution in [0.4, 0.5) is 11.4 Å². The number of pyridine rings is 1. The SMILES string of the molecule is Cc1c(-c2cc(N)c3c(c2)=CC(N)(c2ccc4c(c2)COCC4)NC=3)cnc2c1NCCO2. The van der Waals surface area contributed by atoms with Gasteiger partial charge in [-0.15, -0.1) is 0 Å². The zero-order valence-electron chi connectivity index (χ0n) is 18.6. The average molecular weight is 442 g/mol. The molecule has 33 heavy (non-hydrogen) atoms. The Kier molecular flexibility index (Phi) is 4.57. The lowest BCUT2D eigenvalue weighted by atomic mass is 9.90. The smallest absolute Gasteiger partial charge is 0.237 e. The summed E-state index contributed by atoms with van der Waals surface area (Å²) >= 11 is 0. The molecular weight excluding hydrogens is 414 g/mol. The second kappa shape index (κ2) is 7.50. The van der Waals surface area contributed by atoms with Gasteiger partial charge in [-0.05, 0) is 70.7 Å². The number of nitrogens with zero attached hydrogens (tertiary/aromatic N) is 1. The standard InChI is InChI=1S/C26H27N5O2/c1-15-21(12-30-25-24(15)29-5-7-33-25)17-8-18-11-26(28,31-13-22(18)23(27)10-17)20-3-2-16-4-6-32-14-19(16)9-20/h2-3,8-13,29,31H,4-7,14,27-28H2,1H3. The number of nitrogens with one attached hydrogen (secondary N) is 2. The Morgan fingerprint density at radius 2 is 2.03 bits per heavy atom. The highest BCUT2D eigenvalue weighted by Gasteiger charge is 2.27. The highest BCUT2D eigenvalue weighted by Crippen LogP contribution is 2.35. The van der Waals surface area contributed by atoms with Crippen LogP contribution in [0.1, 0.15) is 22.3 Å². The number of hydrogen-bond donors (Lipinski definition) is 4. The van der Waals surface area contributed by atoms with Gasteiger partial charge in [0.1, 0.15) is 18.0 Å². The second-order valence-corrected chi connectivity index (χ2v) is 8.91. The molecule has 6 N–H and O–H groups in total. The van der Waals surface area contributed by atoms with Gasteiger partial charge in [0.2, 0.25) is 5.88 Å². The normalized spacial score (nSPS) is 20.5. The number of hydrogen-bond acceptors (Lipinski definition) is 7. The van der Waals surface area contributed by atoms with Gasteiger partial charge in [-0.1, -0.05) is 12.1 Å². The number of aromatic nitrogens is 1. The molecule has 3 aromatic rings. The topological polar surface area (TPSA) is 107 Å². The lowest BCUT2D eigenvalue weighted by Gasteiger charge is -2.31. The molecule has 168 valence electrons. The number of anilines is 2. The van der Waals surface area contributed by atoms with Crippen molar-refractivity contribution in [1.82, 2.24) is 10.3 Å². The summed E-state index contributed by atoms with van der Waals surface area (Å²) in [7, 11) is 0. The number of nitrogens with two attached hydrogens (primary N) is 2. The van der Waals surface area contributed by atoms with Crippen LogP contribution in [-0.4, -0.2) is 24.7 Å². The van der Waals surface area contributed by atoms with Crippen molar-refractivity contribution >= 4 is 23.7 Å². The van der Waals surface area contributed by atoms with Gasteiger partial charge in [0.25, 0.3) is 0 Å². The summed E-state index contributed by atoms with van der Waals surface area (Å²) in [5.74, 6) is 0.648. The molecule has 7 heteroatoms. The van der Waals surface area contributed by atoms with Crippen molar-refractivity contribution in [3.63, 3.8) is 0 Å². The first-order chi connectivity index (χ1) is 16.0. The van der Waals surface area contributed by atoms with E-state index in [1.165, 1.54) is 11.1 Å². The third-order valence-electron chi connectivity index (χ3n) is 6.80. The molecule has 3 aliphatic rings. The van der Waals surface area contributed by atoms with E-state index in [1.807, 2.05) is 18.5 Å². The first-order valence-corrected chi connectivity index (χ1v) is 11.3. The summed E-state index contributed by atoms with van der Waals surface area (Å²) in [5.41, 5.74) is 20.8. The Bertz CT molecular complexity index is 1400. The van der Waals surface area contributed by atoms with E-state index in [2.05, 4.69) is 52.9 Å². The van der Waals surface area contributed by atoms with Crippen LogP contribution in [-0.2, 0) is 23.4 Å². The maximum Gasteiger partial charge on any atom is 0.237 e. The van der Waals surface area contributed by atoms with E-state index in [0.717, 1.165) is 58.0 Å². The quantitative estimate of drug-likeness (QED) is 0.446. The molecule has 3 aliphatic heterocycles. The van der Waals surface area contributed by atoms with E-state index in [0.29, 0.717) is 24.8 Å². The molecule has 0 saturated carbocycles. The summed E-state index contributed by atoms with van der Waals surface area (Å²) < 4.78 is 11.3. The van der Waals surface area contributed by atoms with Gasteiger partial charge in [-0.3, -0.25) is 0 Å². The van der Waals surface area contributed by atoms with Crippen LogP contribution < -0.4 is 37.3 Å². The molecule has 4 heterocycles. The highest BCUT2D eigenvalue weighted by atomic mass is 16.5. The van der Waals surface area contributed by atoms with Gasteiger partial charge >= 0.3 is 0 Å². The van der Waals surface area contributed by atoms with E-state index in [9.17, 15) is 0 Å². The van der Waals surface area contributed by atoms with Crippen LogP contribution in [0.3, 0.4) is 0 Å². The monoisotopic (exact) mass is 441 g/mol. The minimum Gasteiger partial charge on any atom is -0.474 e. The van der Waals surface area contributed by atoms with E-state index < -0.39 is 5.66 Å². The van der Waals surface area contributed by atoms with Crippen LogP contribution in [0, 0.1) is 6.92 Å². The minimum atomic E-state index is -0.844. The maximum absolute atomic E-state index is 6.87. The molecule has 1 aromatic heterocycles. The zero-order chi connectivity index (χ0) is 22.6. The van der Waals surface area contributed by atoms with Crippen molar-refractivity contribution in [1.29, 1.82) is 0 Å². The first kappa shape index (κ1) is 20.1. The average Bonchev–Trinajstić information content (AvgIpc) is 2.84. The van der Waals surface area contributed by atoms with Gasteiger partial charge in [0.15, 0.2) is 0 Å².